The Morgan fingerprint density at radius 3 is 2.55 bits per heavy atom. The van der Waals surface area contributed by atoms with Gasteiger partial charge in [0.05, 0.1) is 9.77 Å². The van der Waals surface area contributed by atoms with Gasteiger partial charge < -0.3 is 5.32 Å². The number of nitrogens with one attached hydrogen (secondary N) is 1. The summed E-state index contributed by atoms with van der Waals surface area (Å²) in [5.74, 6) is -0.182. The molecule has 1 aliphatic heterocycles. The largest absolute Gasteiger partial charge is 0.326 e. The smallest absolute Gasteiger partial charge is 0.243 e. The van der Waals surface area contributed by atoms with Crippen LogP contribution in [-0.2, 0) is 14.8 Å². The molecule has 6 nitrogen and oxygen atoms in total. The second kappa shape index (κ2) is 9.65. The van der Waals surface area contributed by atoms with Gasteiger partial charge in [-0.3, -0.25) is 9.59 Å². The number of thiophene rings is 1. The number of aryl methyl sites for hydroxylation is 1. The van der Waals surface area contributed by atoms with E-state index in [1.807, 2.05) is 18.4 Å². The van der Waals surface area contributed by atoms with E-state index in [1.54, 1.807) is 18.2 Å². The number of benzene rings is 1. The summed E-state index contributed by atoms with van der Waals surface area (Å²) in [6, 6.07) is 8.46. The van der Waals surface area contributed by atoms with Crippen molar-refractivity contribution in [2.24, 2.45) is 0 Å². The van der Waals surface area contributed by atoms with Crippen LogP contribution in [0.3, 0.4) is 0 Å². The number of Topliss-reactive ketones (excluding diaryl/α,β-unsaturated/α-hetero) is 1. The minimum atomic E-state index is -3.55. The number of piperidine rings is 1. The van der Waals surface area contributed by atoms with Crippen LogP contribution in [0.5, 0.6) is 0 Å². The fourth-order valence-electron chi connectivity index (χ4n) is 3.33. The standard InChI is InChI=1S/C21H26N2O4S2/c1-16-10-11-17(29(26,27)23-12-3-2-4-13-23)15-18(16)22-21(25)9-5-7-19(24)20-8-6-14-28-20/h6,8,10-11,14-15H,2-5,7,9,12-13H2,1H3,(H,22,25). The SMILES string of the molecule is Cc1ccc(S(=O)(=O)N2CCCCC2)cc1NC(=O)CCCC(=O)c1cccs1. The molecule has 0 atom stereocenters. The van der Waals surface area contributed by atoms with Gasteiger partial charge in [0.2, 0.25) is 15.9 Å². The highest BCUT2D eigenvalue weighted by Crippen LogP contribution is 2.25. The van der Waals surface area contributed by atoms with Gasteiger partial charge in [0.1, 0.15) is 0 Å². The summed E-state index contributed by atoms with van der Waals surface area (Å²) in [6.45, 7) is 2.90. The monoisotopic (exact) mass is 434 g/mol. The van der Waals surface area contributed by atoms with E-state index in [1.165, 1.54) is 21.7 Å². The molecule has 0 bridgehead atoms. The molecule has 1 amide bonds. The number of amides is 1. The molecule has 29 heavy (non-hydrogen) atoms. The molecule has 1 saturated heterocycles. The highest BCUT2D eigenvalue weighted by atomic mass is 32.2. The first-order valence-corrected chi connectivity index (χ1v) is 12.2. The lowest BCUT2D eigenvalue weighted by Gasteiger charge is -2.26. The number of ketones is 1. The number of sulfonamides is 1. The van der Waals surface area contributed by atoms with E-state index >= 15 is 0 Å². The summed E-state index contributed by atoms with van der Waals surface area (Å²) in [7, 11) is -3.55. The second-order valence-electron chi connectivity index (χ2n) is 7.24. The first-order chi connectivity index (χ1) is 13.9. The Kier molecular flexibility index (Phi) is 7.21. The minimum absolute atomic E-state index is 0.0404. The van der Waals surface area contributed by atoms with Crippen LogP contribution in [0.15, 0.2) is 40.6 Å². The topological polar surface area (TPSA) is 83.6 Å². The number of hydrogen-bond acceptors (Lipinski definition) is 5. The molecule has 1 fully saturated rings. The molecule has 0 aliphatic carbocycles. The maximum absolute atomic E-state index is 12.9. The number of carbonyl (C=O) groups is 2. The molecular formula is C21H26N2O4S2. The van der Waals surface area contributed by atoms with Crippen LogP contribution in [0.4, 0.5) is 5.69 Å². The number of anilines is 1. The van der Waals surface area contributed by atoms with Crippen molar-refractivity contribution in [3.63, 3.8) is 0 Å². The molecule has 156 valence electrons. The maximum atomic E-state index is 12.9. The summed E-state index contributed by atoms with van der Waals surface area (Å²) >= 11 is 1.40. The highest BCUT2D eigenvalue weighted by Gasteiger charge is 2.26. The molecule has 1 N–H and O–H groups in total. The van der Waals surface area contributed by atoms with Crippen molar-refractivity contribution in [2.45, 2.75) is 50.3 Å². The van der Waals surface area contributed by atoms with Crippen molar-refractivity contribution in [1.82, 2.24) is 4.31 Å². The van der Waals surface area contributed by atoms with E-state index in [9.17, 15) is 18.0 Å². The van der Waals surface area contributed by atoms with Gasteiger partial charge in [-0.1, -0.05) is 18.6 Å². The lowest BCUT2D eigenvalue weighted by atomic mass is 10.1. The zero-order valence-corrected chi connectivity index (χ0v) is 18.2. The fraction of sp³-hybridized carbons (Fsp3) is 0.429. The third kappa shape index (κ3) is 5.52. The molecule has 0 saturated carbocycles. The molecule has 1 aliphatic rings. The van der Waals surface area contributed by atoms with Crippen LogP contribution in [0.1, 0.15) is 53.8 Å². The van der Waals surface area contributed by atoms with Gasteiger partial charge in [-0.05, 0) is 55.3 Å². The van der Waals surface area contributed by atoms with Gasteiger partial charge >= 0.3 is 0 Å². The van der Waals surface area contributed by atoms with Crippen molar-refractivity contribution in [2.75, 3.05) is 18.4 Å². The summed E-state index contributed by atoms with van der Waals surface area (Å²) < 4.78 is 27.3. The van der Waals surface area contributed by atoms with Crippen LogP contribution in [0.25, 0.3) is 0 Å². The van der Waals surface area contributed by atoms with Gasteiger partial charge in [0, 0.05) is 31.6 Å². The van der Waals surface area contributed by atoms with Crippen molar-refractivity contribution in [1.29, 1.82) is 0 Å². The van der Waals surface area contributed by atoms with Crippen LogP contribution >= 0.6 is 11.3 Å². The van der Waals surface area contributed by atoms with Gasteiger partial charge in [0.25, 0.3) is 0 Å². The van der Waals surface area contributed by atoms with Crippen molar-refractivity contribution < 1.29 is 18.0 Å². The number of hydrogen-bond donors (Lipinski definition) is 1. The van der Waals surface area contributed by atoms with Gasteiger partial charge in [-0.2, -0.15) is 4.31 Å². The van der Waals surface area contributed by atoms with E-state index in [4.69, 9.17) is 0 Å². The lowest BCUT2D eigenvalue weighted by molar-refractivity contribution is -0.116. The number of rotatable bonds is 8. The van der Waals surface area contributed by atoms with Crippen molar-refractivity contribution in [3.8, 4) is 0 Å². The third-order valence-electron chi connectivity index (χ3n) is 5.04. The van der Waals surface area contributed by atoms with Gasteiger partial charge in [0.15, 0.2) is 5.78 Å². The molecule has 8 heteroatoms. The average Bonchev–Trinajstić information content (AvgIpc) is 3.25. The lowest BCUT2D eigenvalue weighted by Crippen LogP contribution is -2.35. The van der Waals surface area contributed by atoms with Crippen LogP contribution in [0.2, 0.25) is 0 Å². The van der Waals surface area contributed by atoms with E-state index < -0.39 is 10.0 Å². The Morgan fingerprint density at radius 1 is 1.10 bits per heavy atom. The van der Waals surface area contributed by atoms with Gasteiger partial charge in [-0.25, -0.2) is 8.42 Å². The molecule has 1 aromatic heterocycles. The zero-order chi connectivity index (χ0) is 20.9. The van der Waals surface area contributed by atoms with Gasteiger partial charge in [-0.15, -0.1) is 11.3 Å². The predicted octanol–water partition coefficient (Wildman–Crippen LogP) is 4.22. The Morgan fingerprint density at radius 2 is 1.86 bits per heavy atom. The predicted molar refractivity (Wildman–Crippen MR) is 115 cm³/mol. The van der Waals surface area contributed by atoms with Crippen LogP contribution in [0, 0.1) is 6.92 Å². The minimum Gasteiger partial charge on any atom is -0.326 e. The Hall–Kier alpha value is -2.03. The molecular weight excluding hydrogens is 408 g/mol. The maximum Gasteiger partial charge on any atom is 0.243 e. The summed E-state index contributed by atoms with van der Waals surface area (Å²) in [6.07, 6.45) is 3.78. The van der Waals surface area contributed by atoms with E-state index in [0.29, 0.717) is 36.5 Å². The Bertz CT molecular complexity index is 963. The van der Waals surface area contributed by atoms with E-state index in [-0.39, 0.29) is 23.0 Å². The first-order valence-electron chi connectivity index (χ1n) is 9.85. The van der Waals surface area contributed by atoms with E-state index in [2.05, 4.69) is 5.32 Å². The Labute approximate surface area is 176 Å². The molecule has 2 heterocycles. The summed E-state index contributed by atoms with van der Waals surface area (Å²) in [5.41, 5.74) is 1.29. The van der Waals surface area contributed by atoms with E-state index in [0.717, 1.165) is 24.8 Å². The molecule has 3 rings (SSSR count). The quantitative estimate of drug-likeness (QED) is 0.631. The summed E-state index contributed by atoms with van der Waals surface area (Å²) in [5, 5.41) is 4.66. The average molecular weight is 435 g/mol. The molecule has 0 radical (unpaired) electrons. The molecule has 0 spiro atoms. The second-order valence-corrected chi connectivity index (χ2v) is 10.1. The molecule has 2 aromatic rings. The first kappa shape index (κ1) is 21.7. The number of carbonyl (C=O) groups excluding carboxylic acids is 2. The molecule has 1 aromatic carbocycles. The zero-order valence-electron chi connectivity index (χ0n) is 16.5. The van der Waals surface area contributed by atoms with Crippen LogP contribution in [-0.4, -0.2) is 37.5 Å². The van der Waals surface area contributed by atoms with Crippen molar-refractivity contribution in [3.05, 3.63) is 46.2 Å². The Balaban J connectivity index is 1.60. The third-order valence-corrected chi connectivity index (χ3v) is 7.85. The van der Waals surface area contributed by atoms with Crippen LogP contribution < -0.4 is 5.32 Å². The normalized spacial score (nSPS) is 15.2. The molecule has 0 unspecified atom stereocenters. The fourth-order valence-corrected chi connectivity index (χ4v) is 5.57. The summed E-state index contributed by atoms with van der Waals surface area (Å²) in [4.78, 5) is 25.2. The van der Waals surface area contributed by atoms with Crippen molar-refractivity contribution >= 4 is 38.7 Å². The number of nitrogens with zero attached hydrogens (tertiary/aromatic N) is 1. The highest BCUT2D eigenvalue weighted by molar-refractivity contribution is 7.89.